The van der Waals surface area contributed by atoms with E-state index >= 15 is 0 Å². The maximum atomic E-state index is 13.4. The molecule has 3 fully saturated rings. The fourth-order valence-corrected chi connectivity index (χ4v) is 6.76. The molecule has 5 heterocycles. The van der Waals surface area contributed by atoms with Gasteiger partial charge < -0.3 is 4.90 Å². The summed E-state index contributed by atoms with van der Waals surface area (Å²) in [6.07, 6.45) is 7.03. The summed E-state index contributed by atoms with van der Waals surface area (Å²) >= 11 is 0. The summed E-state index contributed by atoms with van der Waals surface area (Å²) in [7, 11) is -3.48. The van der Waals surface area contributed by atoms with Gasteiger partial charge in [-0.1, -0.05) is 12.5 Å². The molecule has 0 radical (unpaired) electrons. The molecule has 1 unspecified atom stereocenters. The predicted octanol–water partition coefficient (Wildman–Crippen LogP) is 0.970. The number of carbonyl (C=O) groups excluding carboxylic acids is 1. The summed E-state index contributed by atoms with van der Waals surface area (Å²) < 4.78 is 31.7. The zero-order chi connectivity index (χ0) is 20.7. The third kappa shape index (κ3) is 3.58. The van der Waals surface area contributed by atoms with Crippen molar-refractivity contribution >= 4 is 21.8 Å². The van der Waals surface area contributed by atoms with Gasteiger partial charge in [0.05, 0.1) is 0 Å². The first-order valence-corrected chi connectivity index (χ1v) is 12.2. The molecule has 162 valence electrons. The molecule has 0 spiro atoms. The second-order valence-electron chi connectivity index (χ2n) is 8.56. The van der Waals surface area contributed by atoms with E-state index in [0.29, 0.717) is 37.3 Å². The van der Waals surface area contributed by atoms with E-state index < -0.39 is 10.2 Å². The van der Waals surface area contributed by atoms with Crippen LogP contribution in [-0.4, -0.2) is 74.8 Å². The standard InChI is InChI=1S/C19H27N7O3S/c27-19(17-8-5-9-18-20-22-23-26(17)18)25-15-6-4-7-16(25)13-14(12-15)21-30(28,29)24-10-2-1-3-11-24/h5,8-9,14-16,21H,1-4,6-7,10-13H2/t14?,15-,16+. The monoisotopic (exact) mass is 433 g/mol. The highest BCUT2D eigenvalue weighted by Gasteiger charge is 2.43. The van der Waals surface area contributed by atoms with Gasteiger partial charge in [0.2, 0.25) is 0 Å². The van der Waals surface area contributed by atoms with Crippen molar-refractivity contribution in [2.45, 2.75) is 69.5 Å². The number of fused-ring (bicyclic) bond motifs is 3. The molecule has 3 saturated heterocycles. The van der Waals surface area contributed by atoms with Crippen LogP contribution >= 0.6 is 0 Å². The Labute approximate surface area is 175 Å². The molecule has 2 bridgehead atoms. The molecule has 5 rings (SSSR count). The second kappa shape index (κ2) is 7.86. The Balaban J connectivity index is 1.34. The van der Waals surface area contributed by atoms with Crippen molar-refractivity contribution in [1.82, 2.24) is 34.0 Å². The zero-order valence-corrected chi connectivity index (χ0v) is 17.7. The van der Waals surface area contributed by atoms with Crippen LogP contribution in [0.1, 0.15) is 61.9 Å². The van der Waals surface area contributed by atoms with Gasteiger partial charge in [0.1, 0.15) is 5.69 Å². The predicted molar refractivity (Wildman–Crippen MR) is 109 cm³/mol. The van der Waals surface area contributed by atoms with Crippen LogP contribution < -0.4 is 4.72 Å². The average Bonchev–Trinajstić information content (AvgIpc) is 3.22. The van der Waals surface area contributed by atoms with Crippen LogP contribution in [0.2, 0.25) is 0 Å². The fourth-order valence-electron chi connectivity index (χ4n) is 5.26. The van der Waals surface area contributed by atoms with Gasteiger partial charge in [-0.15, -0.1) is 5.10 Å². The highest BCUT2D eigenvalue weighted by Crippen LogP contribution is 2.35. The number of rotatable bonds is 4. The third-order valence-electron chi connectivity index (χ3n) is 6.62. The average molecular weight is 434 g/mol. The maximum Gasteiger partial charge on any atom is 0.279 e. The molecule has 1 amide bonds. The lowest BCUT2D eigenvalue weighted by Gasteiger charge is -2.49. The fraction of sp³-hybridized carbons (Fsp3) is 0.684. The van der Waals surface area contributed by atoms with Gasteiger partial charge in [0.15, 0.2) is 5.65 Å². The summed E-state index contributed by atoms with van der Waals surface area (Å²) in [4.78, 5) is 15.4. The van der Waals surface area contributed by atoms with Crippen LogP contribution in [0.5, 0.6) is 0 Å². The van der Waals surface area contributed by atoms with Gasteiger partial charge in [-0.2, -0.15) is 22.0 Å². The minimum Gasteiger partial charge on any atom is -0.331 e. The molecule has 3 atom stereocenters. The molecule has 2 aromatic heterocycles. The van der Waals surface area contributed by atoms with Crippen molar-refractivity contribution in [1.29, 1.82) is 0 Å². The van der Waals surface area contributed by atoms with Crippen molar-refractivity contribution in [2.24, 2.45) is 0 Å². The van der Waals surface area contributed by atoms with Crippen LogP contribution in [0.25, 0.3) is 5.65 Å². The van der Waals surface area contributed by atoms with Crippen LogP contribution in [0.4, 0.5) is 0 Å². The van der Waals surface area contributed by atoms with Crippen molar-refractivity contribution in [3.63, 3.8) is 0 Å². The number of piperidine rings is 3. The zero-order valence-electron chi connectivity index (χ0n) is 16.9. The number of tetrazole rings is 1. The largest absolute Gasteiger partial charge is 0.331 e. The Kier molecular flexibility index (Phi) is 5.19. The van der Waals surface area contributed by atoms with Gasteiger partial charge in [-0.05, 0) is 67.5 Å². The Morgan fingerprint density at radius 2 is 1.77 bits per heavy atom. The quantitative estimate of drug-likeness (QED) is 0.769. The lowest BCUT2D eigenvalue weighted by Crippen LogP contribution is -2.60. The molecule has 3 aliphatic heterocycles. The number of amides is 1. The second-order valence-corrected chi connectivity index (χ2v) is 10.3. The number of carbonyl (C=O) groups is 1. The first kappa shape index (κ1) is 19.8. The first-order chi connectivity index (χ1) is 14.5. The summed E-state index contributed by atoms with van der Waals surface area (Å²) in [6, 6.07) is 5.19. The number of aromatic nitrogens is 4. The van der Waals surface area contributed by atoms with Crippen LogP contribution in [0, 0.1) is 0 Å². The molecule has 0 saturated carbocycles. The van der Waals surface area contributed by atoms with E-state index in [0.717, 1.165) is 38.5 Å². The van der Waals surface area contributed by atoms with Crippen LogP contribution in [0.3, 0.4) is 0 Å². The molecule has 0 aromatic carbocycles. The van der Waals surface area contributed by atoms with Crippen molar-refractivity contribution in [2.75, 3.05) is 13.1 Å². The summed E-state index contributed by atoms with van der Waals surface area (Å²) in [5.41, 5.74) is 0.983. The van der Waals surface area contributed by atoms with Crippen LogP contribution in [-0.2, 0) is 10.2 Å². The van der Waals surface area contributed by atoms with E-state index in [4.69, 9.17) is 0 Å². The smallest absolute Gasteiger partial charge is 0.279 e. The van der Waals surface area contributed by atoms with Gasteiger partial charge in [0, 0.05) is 31.2 Å². The van der Waals surface area contributed by atoms with Gasteiger partial charge >= 0.3 is 0 Å². The van der Waals surface area contributed by atoms with Crippen molar-refractivity contribution < 1.29 is 13.2 Å². The van der Waals surface area contributed by atoms with Crippen molar-refractivity contribution in [3.05, 3.63) is 23.9 Å². The maximum absolute atomic E-state index is 13.4. The lowest BCUT2D eigenvalue weighted by molar-refractivity contribution is 0.0219. The lowest BCUT2D eigenvalue weighted by atomic mass is 9.82. The topological polar surface area (TPSA) is 113 Å². The summed E-state index contributed by atoms with van der Waals surface area (Å²) in [5.74, 6) is -0.0834. The molecule has 30 heavy (non-hydrogen) atoms. The summed E-state index contributed by atoms with van der Waals surface area (Å²) in [5, 5.41) is 11.5. The van der Waals surface area contributed by atoms with E-state index in [9.17, 15) is 13.2 Å². The van der Waals surface area contributed by atoms with Gasteiger partial charge in [-0.3, -0.25) is 4.79 Å². The first-order valence-electron chi connectivity index (χ1n) is 10.8. The number of hydrogen-bond acceptors (Lipinski definition) is 6. The van der Waals surface area contributed by atoms with E-state index in [1.165, 1.54) is 4.52 Å². The van der Waals surface area contributed by atoms with E-state index in [1.54, 1.807) is 22.5 Å². The minimum atomic E-state index is -3.48. The molecule has 11 heteroatoms. The number of pyridine rings is 1. The normalized spacial score (nSPS) is 28.0. The SMILES string of the molecule is O=C(c1cccc2nnnn12)N1[C@@H]2CCC[C@H]1CC(NS(=O)(=O)N1CCCCC1)C2. The molecule has 2 aromatic rings. The third-order valence-corrected chi connectivity index (χ3v) is 8.30. The highest BCUT2D eigenvalue weighted by molar-refractivity contribution is 7.87. The molecular weight excluding hydrogens is 406 g/mol. The molecular formula is C19H27N7O3S. The van der Waals surface area contributed by atoms with E-state index in [1.807, 2.05) is 4.90 Å². The van der Waals surface area contributed by atoms with Crippen molar-refractivity contribution in [3.8, 4) is 0 Å². The van der Waals surface area contributed by atoms with E-state index in [2.05, 4.69) is 20.2 Å². The molecule has 10 nitrogen and oxygen atoms in total. The molecule has 3 aliphatic rings. The van der Waals surface area contributed by atoms with E-state index in [-0.39, 0.29) is 24.0 Å². The van der Waals surface area contributed by atoms with Crippen LogP contribution in [0.15, 0.2) is 18.2 Å². The summed E-state index contributed by atoms with van der Waals surface area (Å²) in [6.45, 7) is 1.19. The molecule has 1 N–H and O–H groups in total. The number of hydrogen-bond donors (Lipinski definition) is 1. The Hall–Kier alpha value is -2.11. The molecule has 0 aliphatic carbocycles. The number of nitrogens with one attached hydrogen (secondary N) is 1. The van der Waals surface area contributed by atoms with Gasteiger partial charge in [-0.25, -0.2) is 0 Å². The Bertz CT molecular complexity index is 1020. The highest BCUT2D eigenvalue weighted by atomic mass is 32.2. The van der Waals surface area contributed by atoms with Gasteiger partial charge in [0.25, 0.3) is 16.1 Å². The minimum absolute atomic E-state index is 0.0193. The Morgan fingerprint density at radius 1 is 1.03 bits per heavy atom. The Morgan fingerprint density at radius 3 is 2.50 bits per heavy atom. The number of nitrogens with zero attached hydrogens (tertiary/aromatic N) is 6.